The number of carbonyl (C=O) groups is 1. The molecule has 9 nitrogen and oxygen atoms in total. The number of anilines is 3. The summed E-state index contributed by atoms with van der Waals surface area (Å²) < 4.78 is 47.2. The van der Waals surface area contributed by atoms with Gasteiger partial charge in [-0.15, -0.1) is 0 Å². The van der Waals surface area contributed by atoms with Gasteiger partial charge in [-0.1, -0.05) is 24.3 Å². The number of carbonyl (C=O) groups excluding carboxylic acids is 1. The Hall–Kier alpha value is -4.55. The Balaban J connectivity index is 1.43. The van der Waals surface area contributed by atoms with Gasteiger partial charge in [0.05, 0.1) is 16.6 Å². The number of para-hydroxylation sites is 2. The normalized spacial score (nSPS) is 16.8. The van der Waals surface area contributed by atoms with Crippen LogP contribution in [0.15, 0.2) is 78.7 Å². The summed E-state index contributed by atoms with van der Waals surface area (Å²) in [5.41, 5.74) is 9.30. The van der Waals surface area contributed by atoms with Crippen molar-refractivity contribution in [3.63, 3.8) is 0 Å². The minimum Gasteiger partial charge on any atom is -0.478 e. The number of likely N-dealkylation sites (N-methyl/N-ethyl adjacent to an activating group) is 2. The van der Waals surface area contributed by atoms with E-state index in [1.165, 1.54) is 12.1 Å². The molecule has 0 aliphatic carbocycles. The molecule has 0 saturated carbocycles. The third-order valence-corrected chi connectivity index (χ3v) is 7.11. The first-order chi connectivity index (χ1) is 19.9. The van der Waals surface area contributed by atoms with Gasteiger partial charge in [0, 0.05) is 36.6 Å². The van der Waals surface area contributed by atoms with Gasteiger partial charge in [-0.05, 0) is 69.0 Å². The van der Waals surface area contributed by atoms with E-state index >= 15 is 0 Å². The van der Waals surface area contributed by atoms with Crippen LogP contribution in [0, 0.1) is 6.92 Å². The van der Waals surface area contributed by atoms with Gasteiger partial charge >= 0.3 is 6.18 Å². The standard InChI is InChI=1S/C30H32F3N7O2/c1-19-12-13-22(35-27(41)20-8-7-9-21(16-20)30(31,32)33)17-24(19)37-28-36-23-10-5-6-11-25(23)40(28)29(34)18-26(39(29)4)42-15-14-38(2)3/h5-13,16-18H,14-15,34H2,1-4H3,(H,35,41)(H,36,37). The molecule has 1 unspecified atom stereocenters. The molecule has 1 amide bonds. The maximum Gasteiger partial charge on any atom is 0.416 e. The Morgan fingerprint density at radius 2 is 1.86 bits per heavy atom. The molecular formula is C30H32F3N7O2. The molecule has 220 valence electrons. The molecule has 1 aliphatic rings. The maximum absolute atomic E-state index is 13.1. The molecule has 42 heavy (non-hydrogen) atoms. The molecule has 12 heteroatoms. The summed E-state index contributed by atoms with van der Waals surface area (Å²) in [6, 6.07) is 17.1. The van der Waals surface area contributed by atoms with Crippen LogP contribution in [-0.2, 0) is 16.7 Å². The van der Waals surface area contributed by atoms with Crippen LogP contribution in [0.5, 0.6) is 0 Å². The SMILES string of the molecule is Cc1ccc(NC(=O)c2cccc(C(F)(F)F)c2)cc1Nc1nc2ccccc2n1C1(N)C=C(OCCN(C)C)N1C. The number of aryl methyl sites for hydroxylation is 1. The molecule has 0 radical (unpaired) electrons. The van der Waals surface area contributed by atoms with E-state index in [1.807, 2.05) is 72.8 Å². The van der Waals surface area contributed by atoms with Crippen LogP contribution >= 0.6 is 0 Å². The molecule has 4 N–H and O–H groups in total. The van der Waals surface area contributed by atoms with E-state index in [0.717, 1.165) is 35.3 Å². The molecule has 0 spiro atoms. The number of halogens is 3. The van der Waals surface area contributed by atoms with Crippen LogP contribution in [-0.4, -0.2) is 59.6 Å². The summed E-state index contributed by atoms with van der Waals surface area (Å²) in [4.78, 5) is 21.5. The smallest absolute Gasteiger partial charge is 0.416 e. The monoisotopic (exact) mass is 579 g/mol. The molecular weight excluding hydrogens is 547 g/mol. The molecule has 3 aromatic carbocycles. The number of amides is 1. The zero-order valence-corrected chi connectivity index (χ0v) is 23.7. The third-order valence-electron chi connectivity index (χ3n) is 7.11. The number of nitrogens with one attached hydrogen (secondary N) is 2. The van der Waals surface area contributed by atoms with Crippen molar-refractivity contribution < 1.29 is 22.7 Å². The number of aromatic nitrogens is 2. The van der Waals surface area contributed by atoms with Crippen molar-refractivity contribution in [2.24, 2.45) is 5.73 Å². The number of rotatable bonds is 9. The van der Waals surface area contributed by atoms with Crippen molar-refractivity contribution in [3.05, 3.63) is 95.4 Å². The first kappa shape index (κ1) is 29.0. The maximum atomic E-state index is 13.1. The van der Waals surface area contributed by atoms with Crippen LogP contribution in [0.4, 0.5) is 30.5 Å². The second-order valence-electron chi connectivity index (χ2n) is 10.4. The van der Waals surface area contributed by atoms with E-state index in [9.17, 15) is 18.0 Å². The van der Waals surface area contributed by atoms with Crippen molar-refractivity contribution in [2.45, 2.75) is 18.9 Å². The predicted molar refractivity (Wildman–Crippen MR) is 156 cm³/mol. The van der Waals surface area contributed by atoms with E-state index < -0.39 is 23.4 Å². The van der Waals surface area contributed by atoms with Crippen LogP contribution in [0.2, 0.25) is 0 Å². The number of hydrogen-bond donors (Lipinski definition) is 3. The van der Waals surface area contributed by atoms with Gasteiger partial charge in [0.15, 0.2) is 5.88 Å². The van der Waals surface area contributed by atoms with Gasteiger partial charge in [-0.3, -0.25) is 15.1 Å². The van der Waals surface area contributed by atoms with E-state index in [4.69, 9.17) is 15.5 Å². The quantitative estimate of drug-likeness (QED) is 0.248. The van der Waals surface area contributed by atoms with Crippen LogP contribution < -0.4 is 16.4 Å². The molecule has 0 saturated heterocycles. The Morgan fingerprint density at radius 3 is 2.57 bits per heavy atom. The zero-order valence-electron chi connectivity index (χ0n) is 23.7. The fourth-order valence-electron chi connectivity index (χ4n) is 4.64. The number of fused-ring (bicyclic) bond motifs is 1. The highest BCUT2D eigenvalue weighted by Gasteiger charge is 2.44. The van der Waals surface area contributed by atoms with Crippen LogP contribution in [0.25, 0.3) is 11.0 Å². The van der Waals surface area contributed by atoms with E-state index in [1.54, 1.807) is 18.2 Å². The average Bonchev–Trinajstić information content (AvgIpc) is 3.31. The Kier molecular flexibility index (Phi) is 7.60. The van der Waals surface area contributed by atoms with E-state index in [2.05, 4.69) is 10.6 Å². The zero-order chi connectivity index (χ0) is 30.2. The molecule has 2 heterocycles. The Morgan fingerprint density at radius 1 is 1.10 bits per heavy atom. The highest BCUT2D eigenvalue weighted by molar-refractivity contribution is 6.04. The average molecular weight is 580 g/mol. The predicted octanol–water partition coefficient (Wildman–Crippen LogP) is 5.29. The van der Waals surface area contributed by atoms with Crippen molar-refractivity contribution in [1.29, 1.82) is 0 Å². The van der Waals surface area contributed by atoms with Crippen molar-refractivity contribution >= 4 is 34.3 Å². The second kappa shape index (κ2) is 11.0. The Labute approximate surface area is 241 Å². The number of nitrogens with two attached hydrogens (primary N) is 1. The first-order valence-corrected chi connectivity index (χ1v) is 13.2. The molecule has 0 bridgehead atoms. The number of alkyl halides is 3. The van der Waals surface area contributed by atoms with E-state index in [0.29, 0.717) is 29.8 Å². The van der Waals surface area contributed by atoms with E-state index in [-0.39, 0.29) is 5.56 Å². The van der Waals surface area contributed by atoms with Gasteiger partial charge in [-0.25, -0.2) is 4.98 Å². The molecule has 1 atom stereocenters. The van der Waals surface area contributed by atoms with Gasteiger partial charge in [-0.2, -0.15) is 13.2 Å². The summed E-state index contributed by atoms with van der Waals surface area (Å²) in [6.07, 6.45) is -2.72. The number of hydrogen-bond acceptors (Lipinski definition) is 7. The number of benzene rings is 3. The van der Waals surface area contributed by atoms with Crippen molar-refractivity contribution in [2.75, 3.05) is 44.9 Å². The topological polar surface area (TPSA) is 101 Å². The molecule has 1 aliphatic heterocycles. The largest absolute Gasteiger partial charge is 0.478 e. The lowest BCUT2D eigenvalue weighted by Gasteiger charge is -2.47. The fourth-order valence-corrected chi connectivity index (χ4v) is 4.64. The Bertz CT molecular complexity index is 1660. The molecule has 1 aromatic heterocycles. The summed E-state index contributed by atoms with van der Waals surface area (Å²) in [5.74, 6) is -0.626. The summed E-state index contributed by atoms with van der Waals surface area (Å²) in [5, 5.41) is 6.04. The summed E-state index contributed by atoms with van der Waals surface area (Å²) >= 11 is 0. The lowest BCUT2D eigenvalue weighted by molar-refractivity contribution is -0.137. The van der Waals surface area contributed by atoms with Crippen LogP contribution in [0.3, 0.4) is 0 Å². The lowest BCUT2D eigenvalue weighted by atomic mass is 10.1. The summed E-state index contributed by atoms with van der Waals surface area (Å²) in [6.45, 7) is 3.15. The fraction of sp³-hybridized carbons (Fsp3) is 0.267. The minimum absolute atomic E-state index is 0.102. The first-order valence-electron chi connectivity index (χ1n) is 13.2. The molecule has 4 aromatic rings. The molecule has 5 rings (SSSR count). The lowest BCUT2D eigenvalue weighted by Crippen LogP contribution is -2.61. The van der Waals surface area contributed by atoms with Crippen molar-refractivity contribution in [1.82, 2.24) is 19.4 Å². The summed E-state index contributed by atoms with van der Waals surface area (Å²) in [7, 11) is 5.79. The van der Waals surface area contributed by atoms with Gasteiger partial charge in [0.25, 0.3) is 5.91 Å². The van der Waals surface area contributed by atoms with Gasteiger partial charge in [0.2, 0.25) is 11.7 Å². The van der Waals surface area contributed by atoms with Crippen LogP contribution in [0.1, 0.15) is 21.5 Å². The highest BCUT2D eigenvalue weighted by Crippen LogP contribution is 2.39. The highest BCUT2D eigenvalue weighted by atomic mass is 19.4. The second-order valence-corrected chi connectivity index (χ2v) is 10.4. The number of imidazole rings is 1. The minimum atomic E-state index is -4.55. The molecule has 0 fully saturated rings. The number of ether oxygens (including phenoxy) is 1. The van der Waals surface area contributed by atoms with Gasteiger partial charge in [0.1, 0.15) is 6.61 Å². The third kappa shape index (κ3) is 5.63. The number of nitrogens with zero attached hydrogens (tertiary/aromatic N) is 4. The van der Waals surface area contributed by atoms with Gasteiger partial charge < -0.3 is 25.2 Å². The van der Waals surface area contributed by atoms with Crippen molar-refractivity contribution in [3.8, 4) is 0 Å².